The average molecular weight is 1140 g/mol. The van der Waals surface area contributed by atoms with E-state index in [1.54, 1.807) is 0 Å². The van der Waals surface area contributed by atoms with Crippen molar-refractivity contribution in [3.63, 3.8) is 0 Å². The van der Waals surface area contributed by atoms with E-state index in [0.717, 1.165) is 70.6 Å². The lowest BCUT2D eigenvalue weighted by atomic mass is 10.0. The number of quaternary nitrogens is 1. The van der Waals surface area contributed by atoms with Gasteiger partial charge in [0, 0.05) is 12.8 Å². The summed E-state index contributed by atoms with van der Waals surface area (Å²) >= 11 is 0. The highest BCUT2D eigenvalue weighted by Gasteiger charge is 2.27. The second-order valence-corrected chi connectivity index (χ2v) is 25.3. The molecule has 0 rings (SSSR count). The van der Waals surface area contributed by atoms with Crippen molar-refractivity contribution in [2.24, 2.45) is 0 Å². The summed E-state index contributed by atoms with van der Waals surface area (Å²) in [7, 11) is 1.49. The standard InChI is InChI=1S/C70H128NO8P/c1-6-8-10-12-14-16-18-20-22-24-26-27-28-29-30-31-32-33-34-35-36-37-38-39-40-41-42-43-45-47-49-51-53-55-57-59-61-63-70(73)79-68(67-78-80(74,75)77-65-64-71(3,4)5)66-76-69(72)62-60-58-56-54-52-50-48-46-44-25-23-21-19-17-15-13-11-9-7-2/h8,10,14,16,20,22,26-27,29-30,32-33,68H,6-7,9,11-13,15,17-19,21,23-25,28,31,34-67H2,1-5H3/p+1/b10-8-,16-14-,22-20-,27-26-,30-29-,33-32-. The first-order valence-corrected chi connectivity index (χ1v) is 35.2. The molecule has 0 heterocycles. The fourth-order valence-corrected chi connectivity index (χ4v) is 10.4. The number of nitrogens with zero attached hydrogens (tertiary/aromatic N) is 1. The third-order valence-electron chi connectivity index (χ3n) is 14.8. The van der Waals surface area contributed by atoms with Crippen molar-refractivity contribution >= 4 is 19.8 Å². The van der Waals surface area contributed by atoms with Gasteiger partial charge in [0.25, 0.3) is 0 Å². The molecule has 0 aliphatic carbocycles. The van der Waals surface area contributed by atoms with Gasteiger partial charge in [-0.3, -0.25) is 18.6 Å². The van der Waals surface area contributed by atoms with E-state index in [2.05, 4.69) is 86.8 Å². The topological polar surface area (TPSA) is 108 Å². The van der Waals surface area contributed by atoms with Crippen molar-refractivity contribution in [1.29, 1.82) is 0 Å². The summed E-state index contributed by atoms with van der Waals surface area (Å²) in [5.41, 5.74) is 0. The molecule has 0 aliphatic heterocycles. The Morgan fingerprint density at radius 3 is 1.06 bits per heavy atom. The van der Waals surface area contributed by atoms with Crippen molar-refractivity contribution in [2.75, 3.05) is 47.5 Å². The van der Waals surface area contributed by atoms with Gasteiger partial charge >= 0.3 is 19.8 Å². The lowest BCUT2D eigenvalue weighted by molar-refractivity contribution is -0.870. The van der Waals surface area contributed by atoms with Crippen LogP contribution < -0.4 is 0 Å². The molecule has 0 aromatic heterocycles. The fraction of sp³-hybridized carbons (Fsp3) is 0.800. The molecule has 0 bridgehead atoms. The van der Waals surface area contributed by atoms with Crippen LogP contribution in [0.25, 0.3) is 0 Å². The number of hydrogen-bond acceptors (Lipinski definition) is 7. The first kappa shape index (κ1) is 77.5. The quantitative estimate of drug-likeness (QED) is 0.0211. The lowest BCUT2D eigenvalue weighted by Crippen LogP contribution is -2.37. The Hall–Kier alpha value is -2.55. The molecular weight excluding hydrogens is 1010 g/mol. The maximum Gasteiger partial charge on any atom is 0.472 e. The van der Waals surface area contributed by atoms with Crippen LogP contribution in [-0.4, -0.2) is 74.9 Å². The van der Waals surface area contributed by atoms with Crippen LogP contribution in [0.2, 0.25) is 0 Å². The Bertz CT molecular complexity index is 1580. The van der Waals surface area contributed by atoms with Gasteiger partial charge in [-0.05, 0) is 64.2 Å². The maximum absolute atomic E-state index is 12.9. The van der Waals surface area contributed by atoms with Crippen LogP contribution in [0, 0.1) is 0 Å². The molecule has 9 nitrogen and oxygen atoms in total. The number of phosphoric ester groups is 1. The number of rotatable bonds is 62. The molecule has 2 atom stereocenters. The normalized spacial score (nSPS) is 13.6. The highest BCUT2D eigenvalue weighted by Crippen LogP contribution is 2.43. The van der Waals surface area contributed by atoms with Crippen LogP contribution in [-0.2, 0) is 32.7 Å². The third-order valence-corrected chi connectivity index (χ3v) is 15.7. The smallest absolute Gasteiger partial charge is 0.462 e. The van der Waals surface area contributed by atoms with Crippen molar-refractivity contribution in [1.82, 2.24) is 0 Å². The zero-order valence-corrected chi connectivity index (χ0v) is 54.0. The van der Waals surface area contributed by atoms with Crippen LogP contribution in [0.15, 0.2) is 72.9 Å². The van der Waals surface area contributed by atoms with Gasteiger partial charge in [0.2, 0.25) is 0 Å². The Labute approximate surface area is 495 Å². The zero-order valence-electron chi connectivity index (χ0n) is 53.1. The third kappa shape index (κ3) is 64.6. The van der Waals surface area contributed by atoms with Crippen molar-refractivity contribution in [3.05, 3.63) is 72.9 Å². The highest BCUT2D eigenvalue weighted by atomic mass is 31.2. The van der Waals surface area contributed by atoms with Gasteiger partial charge in [0.05, 0.1) is 27.7 Å². The van der Waals surface area contributed by atoms with Crippen LogP contribution in [0.4, 0.5) is 0 Å². The van der Waals surface area contributed by atoms with E-state index in [1.807, 2.05) is 21.1 Å². The Balaban J connectivity index is 3.99. The maximum atomic E-state index is 12.9. The predicted octanol–water partition coefficient (Wildman–Crippen LogP) is 21.6. The molecular formula is C70H129NO8P+. The summed E-state index contributed by atoms with van der Waals surface area (Å²) < 4.78 is 34.7. The number of phosphoric acid groups is 1. The van der Waals surface area contributed by atoms with Gasteiger partial charge in [-0.2, -0.15) is 0 Å². The van der Waals surface area contributed by atoms with Gasteiger partial charge in [-0.15, -0.1) is 0 Å². The lowest BCUT2D eigenvalue weighted by Gasteiger charge is -2.24. The van der Waals surface area contributed by atoms with Crippen molar-refractivity contribution < 1.29 is 42.1 Å². The number of likely N-dealkylation sites (N-methyl/N-ethyl adjacent to an activating group) is 1. The van der Waals surface area contributed by atoms with E-state index in [1.165, 1.54) is 205 Å². The highest BCUT2D eigenvalue weighted by molar-refractivity contribution is 7.47. The first-order valence-electron chi connectivity index (χ1n) is 33.7. The molecule has 0 saturated carbocycles. The number of carbonyl (C=O) groups is 2. The number of carbonyl (C=O) groups excluding carboxylic acids is 2. The molecule has 0 aliphatic rings. The minimum atomic E-state index is -4.39. The van der Waals surface area contributed by atoms with E-state index in [9.17, 15) is 19.0 Å². The summed E-state index contributed by atoms with van der Waals surface area (Å²) in [5.74, 6) is -0.781. The van der Waals surface area contributed by atoms with Crippen LogP contribution in [0.1, 0.15) is 309 Å². The van der Waals surface area contributed by atoms with E-state index in [4.69, 9.17) is 18.5 Å². The molecule has 0 radical (unpaired) electrons. The molecule has 0 amide bonds. The largest absolute Gasteiger partial charge is 0.472 e. The van der Waals surface area contributed by atoms with Crippen molar-refractivity contribution in [2.45, 2.75) is 315 Å². The predicted molar refractivity (Wildman–Crippen MR) is 344 cm³/mol. The number of hydrogen-bond donors (Lipinski definition) is 1. The fourth-order valence-electron chi connectivity index (χ4n) is 9.61. The summed E-state index contributed by atoms with van der Waals surface area (Å²) in [5, 5.41) is 0. The molecule has 2 unspecified atom stereocenters. The molecule has 0 saturated heterocycles. The van der Waals surface area contributed by atoms with Crippen LogP contribution in [0.3, 0.4) is 0 Å². The van der Waals surface area contributed by atoms with Gasteiger partial charge in [0.1, 0.15) is 19.8 Å². The van der Waals surface area contributed by atoms with E-state index >= 15 is 0 Å². The summed E-state index contributed by atoms with van der Waals surface area (Å²) in [6.07, 6.45) is 81.4. The van der Waals surface area contributed by atoms with E-state index < -0.39 is 26.5 Å². The molecule has 0 aromatic rings. The van der Waals surface area contributed by atoms with Crippen molar-refractivity contribution in [3.8, 4) is 0 Å². The summed E-state index contributed by atoms with van der Waals surface area (Å²) in [4.78, 5) is 35.8. The summed E-state index contributed by atoms with van der Waals surface area (Å²) in [6, 6.07) is 0. The molecule has 80 heavy (non-hydrogen) atoms. The van der Waals surface area contributed by atoms with E-state index in [0.29, 0.717) is 23.9 Å². The minimum Gasteiger partial charge on any atom is -0.462 e. The monoisotopic (exact) mass is 1140 g/mol. The molecule has 1 N–H and O–H groups in total. The molecule has 0 aromatic carbocycles. The first-order chi connectivity index (χ1) is 39.0. The Morgan fingerprint density at radius 2 is 0.713 bits per heavy atom. The van der Waals surface area contributed by atoms with Gasteiger partial charge in [-0.25, -0.2) is 4.57 Å². The van der Waals surface area contributed by atoms with Crippen LogP contribution in [0.5, 0.6) is 0 Å². The second kappa shape index (κ2) is 61.0. The van der Waals surface area contributed by atoms with Gasteiger partial charge < -0.3 is 18.9 Å². The second-order valence-electron chi connectivity index (χ2n) is 23.8. The van der Waals surface area contributed by atoms with Gasteiger partial charge in [0.15, 0.2) is 6.10 Å². The number of esters is 2. The molecule has 10 heteroatoms. The molecule has 466 valence electrons. The molecule has 0 fully saturated rings. The SMILES string of the molecule is CC/C=C\C/C=C\C/C=C\C/C=C\C/C=C\C/C=C\CCCCCCCCCCCCCCCCCCCCC(=O)OC(COC(=O)CCCCCCCCCCCCCCCCCCCCC)COP(=O)(O)OCC[N+](C)(C)C. The number of unbranched alkanes of at least 4 members (excludes halogenated alkanes) is 36. The van der Waals surface area contributed by atoms with Gasteiger partial charge in [-0.1, -0.05) is 305 Å². The minimum absolute atomic E-state index is 0.0330. The Morgan fingerprint density at radius 1 is 0.400 bits per heavy atom. The number of allylic oxidation sites excluding steroid dienone is 12. The number of ether oxygens (including phenoxy) is 2. The van der Waals surface area contributed by atoms with Crippen LogP contribution >= 0.6 is 7.82 Å². The Kier molecular flexibility index (Phi) is 59.1. The van der Waals surface area contributed by atoms with E-state index in [-0.39, 0.29) is 25.6 Å². The molecule has 0 spiro atoms. The average Bonchev–Trinajstić information content (AvgIpc) is 3.42. The summed E-state index contributed by atoms with van der Waals surface area (Å²) in [6.45, 7) is 4.37. The zero-order chi connectivity index (χ0) is 58.4.